The van der Waals surface area contributed by atoms with Gasteiger partial charge in [0, 0.05) is 76.9 Å². The Balaban J connectivity index is 0.00000456. The van der Waals surface area contributed by atoms with Crippen LogP contribution in [0.4, 0.5) is 5.69 Å². The average molecular weight is 1030 g/mol. The van der Waals surface area contributed by atoms with Crippen LogP contribution in [-0.4, -0.2) is 37.1 Å². The Morgan fingerprint density at radius 3 is 1.55 bits per heavy atom. The Hall–Kier alpha value is -7.93. The van der Waals surface area contributed by atoms with Crippen molar-refractivity contribution in [1.82, 2.24) is 23.7 Å². The number of pyridine rings is 1. The molecule has 0 spiro atoms. The molecule has 0 aliphatic carbocycles. The second-order valence-electron chi connectivity index (χ2n) is 16.5. The van der Waals surface area contributed by atoms with Gasteiger partial charge in [-0.25, -0.2) is 10.1 Å². The number of nitrogens with zero attached hydrogens (tertiary/aromatic N) is 7. The quantitative estimate of drug-likeness (QED) is 0.149. The van der Waals surface area contributed by atoms with E-state index < -0.39 is 0 Å². The van der Waals surface area contributed by atoms with Crippen molar-refractivity contribution in [2.75, 3.05) is 11.9 Å². The molecule has 0 fully saturated rings. The van der Waals surface area contributed by atoms with Crippen LogP contribution in [0.25, 0.3) is 93.7 Å². The molecule has 1 aliphatic heterocycles. The van der Waals surface area contributed by atoms with Gasteiger partial charge in [0.1, 0.15) is 5.82 Å². The molecule has 0 unspecified atom stereocenters. The number of aromatic nitrogens is 4. The zero-order chi connectivity index (χ0) is 43.2. The molecule has 0 radical (unpaired) electrons. The maximum Gasteiger partial charge on any atom is 0.135 e. The third-order valence-corrected chi connectivity index (χ3v) is 12.7. The summed E-state index contributed by atoms with van der Waals surface area (Å²) in [7, 11) is 1.89. The number of rotatable bonds is 7. The standard InChI is InChI=1S/C57H38N7O.Pt/c1-37-31-56(64-52-26-12-7-21-45(52)46-30-29-40(33-55(46)64)65-39-16-13-15-38(32-39)61-35-59-60(2)36-61)58-34-47(37)57-53(62-48-22-8-3-17-41(48)42-18-4-9-23-49(42)62)27-14-28-54(57)63-50-24-10-5-19-43(50)44-20-6-11-25-51(44)63;/h3-31,34-36H,1-2H3;/q-3;. The van der Waals surface area contributed by atoms with Crippen LogP contribution in [0.1, 0.15) is 5.56 Å². The van der Waals surface area contributed by atoms with Crippen molar-refractivity contribution in [3.8, 4) is 39.8 Å². The largest absolute Gasteiger partial charge is 0.509 e. The summed E-state index contributed by atoms with van der Waals surface area (Å²) in [5.41, 5.74) is 12.7. The monoisotopic (exact) mass is 1030 g/mol. The summed E-state index contributed by atoms with van der Waals surface area (Å²) < 4.78 is 13.5. The van der Waals surface area contributed by atoms with Crippen LogP contribution in [0, 0.1) is 25.7 Å². The van der Waals surface area contributed by atoms with Crippen LogP contribution >= 0.6 is 0 Å². The minimum absolute atomic E-state index is 0. The van der Waals surface area contributed by atoms with E-state index in [2.05, 4.69) is 196 Å². The van der Waals surface area contributed by atoms with Crippen LogP contribution in [0.3, 0.4) is 0 Å². The van der Waals surface area contributed by atoms with E-state index >= 15 is 0 Å². The fraction of sp³-hybridized carbons (Fsp3) is 0.0351. The summed E-state index contributed by atoms with van der Waals surface area (Å²) in [5, 5.41) is 13.1. The van der Waals surface area contributed by atoms with Crippen molar-refractivity contribution in [3.05, 3.63) is 206 Å². The number of aryl methyl sites for hydroxylation is 1. The first-order valence-corrected chi connectivity index (χ1v) is 21.7. The molecule has 66 heavy (non-hydrogen) atoms. The first-order chi connectivity index (χ1) is 32.1. The van der Waals surface area contributed by atoms with Crippen molar-refractivity contribution in [2.24, 2.45) is 5.10 Å². The SMILES string of the molecule is Cc1cc(-n2c3[c-]c(Oc4[c-]c(N5C=NN(C)[CH-]5)ccc4)ccc3c3ccccc32)ncc1-c1c(-n2c3ccccc3c3ccccc32)cccc1-n1c2ccccc2c2ccccc21.[Pt]. The van der Waals surface area contributed by atoms with E-state index in [-0.39, 0.29) is 21.1 Å². The molecular weight excluding hydrogens is 994 g/mol. The number of anilines is 1. The van der Waals surface area contributed by atoms with Gasteiger partial charge in [0.15, 0.2) is 0 Å². The second kappa shape index (κ2) is 15.6. The topological polar surface area (TPSA) is 55.8 Å². The Kier molecular flexibility index (Phi) is 9.40. The molecule has 13 rings (SSSR count). The molecule has 5 heterocycles. The molecule has 4 aromatic heterocycles. The van der Waals surface area contributed by atoms with Crippen molar-refractivity contribution < 1.29 is 25.8 Å². The van der Waals surface area contributed by atoms with E-state index in [1.807, 2.05) is 42.9 Å². The van der Waals surface area contributed by atoms with E-state index in [4.69, 9.17) is 9.72 Å². The van der Waals surface area contributed by atoms with Crippen molar-refractivity contribution in [1.29, 1.82) is 0 Å². The second-order valence-corrected chi connectivity index (χ2v) is 16.5. The Morgan fingerprint density at radius 2 is 1.02 bits per heavy atom. The Labute approximate surface area is 395 Å². The first-order valence-electron chi connectivity index (χ1n) is 21.7. The molecule has 9 heteroatoms. The van der Waals surface area contributed by atoms with E-state index in [9.17, 15) is 0 Å². The van der Waals surface area contributed by atoms with E-state index in [0.29, 0.717) is 11.5 Å². The van der Waals surface area contributed by atoms with Crippen LogP contribution in [0.5, 0.6) is 11.5 Å². The molecule has 1 aliphatic rings. The molecule has 0 N–H and O–H groups in total. The number of hydrazone groups is 1. The summed E-state index contributed by atoms with van der Waals surface area (Å²) in [4.78, 5) is 7.29. The number of fused-ring (bicyclic) bond motifs is 9. The zero-order valence-electron chi connectivity index (χ0n) is 35.8. The average Bonchev–Trinajstić information content (AvgIpc) is 4.11. The minimum atomic E-state index is 0. The van der Waals surface area contributed by atoms with Gasteiger partial charge >= 0.3 is 0 Å². The Bertz CT molecular complexity index is 3680. The van der Waals surface area contributed by atoms with Gasteiger partial charge in [-0.1, -0.05) is 108 Å². The van der Waals surface area contributed by atoms with Gasteiger partial charge in [-0.3, -0.25) is 0 Å². The third kappa shape index (κ3) is 6.17. The van der Waals surface area contributed by atoms with Crippen LogP contribution in [-0.2, 0) is 21.1 Å². The van der Waals surface area contributed by atoms with Gasteiger partial charge in [0.25, 0.3) is 0 Å². The molecule has 8 nitrogen and oxygen atoms in total. The first kappa shape index (κ1) is 39.6. The number of ether oxygens (including phenoxy) is 1. The number of benzene rings is 8. The van der Waals surface area contributed by atoms with Crippen LogP contribution in [0.2, 0.25) is 0 Å². The molecule has 0 saturated heterocycles. The van der Waals surface area contributed by atoms with E-state index in [1.54, 1.807) is 11.3 Å². The number of para-hydroxylation sites is 5. The fourth-order valence-electron chi connectivity index (χ4n) is 9.90. The normalized spacial score (nSPS) is 12.7. The van der Waals surface area contributed by atoms with Crippen LogP contribution in [0.15, 0.2) is 187 Å². The Morgan fingerprint density at radius 1 is 0.515 bits per heavy atom. The van der Waals surface area contributed by atoms with Crippen molar-refractivity contribution in [3.63, 3.8) is 0 Å². The number of hydrogen-bond acceptors (Lipinski definition) is 5. The zero-order valence-corrected chi connectivity index (χ0v) is 38.1. The van der Waals surface area contributed by atoms with Crippen LogP contribution < -0.4 is 9.64 Å². The van der Waals surface area contributed by atoms with E-state index in [0.717, 1.165) is 83.4 Å². The smallest absolute Gasteiger partial charge is 0.135 e. The molecule has 8 aromatic carbocycles. The molecule has 12 aromatic rings. The van der Waals surface area contributed by atoms with Gasteiger partial charge in [0.2, 0.25) is 0 Å². The predicted octanol–water partition coefficient (Wildman–Crippen LogP) is 13.6. The summed E-state index contributed by atoms with van der Waals surface area (Å²) >= 11 is 0. The molecule has 0 amide bonds. The van der Waals surface area contributed by atoms with Gasteiger partial charge < -0.3 is 28.3 Å². The van der Waals surface area contributed by atoms with Crippen molar-refractivity contribution >= 4 is 77.4 Å². The third-order valence-electron chi connectivity index (χ3n) is 12.7. The maximum atomic E-state index is 6.47. The molecule has 0 atom stereocenters. The summed E-state index contributed by atoms with van der Waals surface area (Å²) in [5.74, 6) is 1.95. The van der Waals surface area contributed by atoms with E-state index in [1.165, 1.54) is 21.5 Å². The number of hydrogen-bond donors (Lipinski definition) is 0. The van der Waals surface area contributed by atoms with Gasteiger partial charge in [-0.05, 0) is 73.5 Å². The fourth-order valence-corrected chi connectivity index (χ4v) is 9.90. The van der Waals surface area contributed by atoms with Crippen molar-refractivity contribution in [2.45, 2.75) is 6.92 Å². The molecule has 0 saturated carbocycles. The summed E-state index contributed by atoms with van der Waals surface area (Å²) in [6.45, 7) is 4.09. The molecule has 320 valence electrons. The van der Waals surface area contributed by atoms with Gasteiger partial charge in [-0.15, -0.1) is 42.4 Å². The maximum absolute atomic E-state index is 6.47. The van der Waals surface area contributed by atoms with Gasteiger partial charge in [-0.2, -0.15) is 12.1 Å². The molecule has 0 bridgehead atoms. The predicted molar refractivity (Wildman–Crippen MR) is 265 cm³/mol. The summed E-state index contributed by atoms with van der Waals surface area (Å²) in [6, 6.07) is 69.2. The van der Waals surface area contributed by atoms with Gasteiger partial charge in [0.05, 0.1) is 39.8 Å². The minimum Gasteiger partial charge on any atom is -0.509 e. The molecular formula is C57H38N7OPt-3. The summed E-state index contributed by atoms with van der Waals surface area (Å²) in [6.07, 6.45) is 3.81.